The number of carbonyl (C=O) groups excluding carboxylic acids is 1. The van der Waals surface area contributed by atoms with E-state index in [0.29, 0.717) is 12.8 Å². The van der Waals surface area contributed by atoms with Gasteiger partial charge in [0.05, 0.1) is 5.92 Å². The van der Waals surface area contributed by atoms with E-state index in [0.717, 1.165) is 6.42 Å². The molecule has 1 rings (SSSR count). The van der Waals surface area contributed by atoms with Gasteiger partial charge in [-0.15, -0.1) is 0 Å². The quantitative estimate of drug-likeness (QED) is 0.645. The zero-order valence-electron chi connectivity index (χ0n) is 5.92. The van der Waals surface area contributed by atoms with Crippen molar-refractivity contribution in [2.24, 2.45) is 11.8 Å². The van der Waals surface area contributed by atoms with Crippen molar-refractivity contribution >= 4 is 22.8 Å². The molecular weight excluding hydrogens is 168 g/mol. The molecule has 4 heteroatoms. The summed E-state index contributed by atoms with van der Waals surface area (Å²) in [4.78, 5) is 21.2. The molecule has 0 aromatic carbocycles. The number of halogens is 1. The molecule has 0 aromatic heterocycles. The van der Waals surface area contributed by atoms with Gasteiger partial charge in [0.25, 0.3) is 0 Å². The van der Waals surface area contributed by atoms with Gasteiger partial charge in [-0.05, 0) is 24.4 Å². The van der Waals surface area contributed by atoms with Gasteiger partial charge in [-0.25, -0.2) is 0 Å². The maximum Gasteiger partial charge on any atom is 0.307 e. The Labute approximate surface area is 69.3 Å². The Balaban J connectivity index is 2.65. The van der Waals surface area contributed by atoms with Crippen LogP contribution in [-0.2, 0) is 9.59 Å². The monoisotopic (exact) mass is 176 g/mol. The summed E-state index contributed by atoms with van der Waals surface area (Å²) in [6.07, 6.45) is 2.00. The molecular formula is C7H9ClO3. The Bertz CT molecular complexity index is 170. The molecule has 0 aromatic rings. The van der Waals surface area contributed by atoms with Gasteiger partial charge in [-0.3, -0.25) is 9.59 Å². The van der Waals surface area contributed by atoms with E-state index in [1.54, 1.807) is 0 Å². The van der Waals surface area contributed by atoms with Gasteiger partial charge in [0.1, 0.15) is 0 Å². The molecule has 0 radical (unpaired) electrons. The smallest absolute Gasteiger partial charge is 0.307 e. The number of aliphatic carboxylic acids is 1. The normalized spacial score (nSPS) is 30.3. The van der Waals surface area contributed by atoms with E-state index in [-0.39, 0.29) is 0 Å². The second-order valence-electron chi connectivity index (χ2n) is 2.79. The molecule has 1 saturated carbocycles. The van der Waals surface area contributed by atoms with E-state index < -0.39 is 23.0 Å². The summed E-state index contributed by atoms with van der Waals surface area (Å²) in [7, 11) is 0. The first-order chi connectivity index (χ1) is 5.13. The number of hydrogen-bond acceptors (Lipinski definition) is 2. The van der Waals surface area contributed by atoms with E-state index in [1.165, 1.54) is 0 Å². The number of carboxylic acids is 1. The maximum atomic E-state index is 10.7. The first-order valence-electron chi connectivity index (χ1n) is 3.55. The fourth-order valence-corrected chi connectivity index (χ4v) is 1.79. The van der Waals surface area contributed by atoms with Crippen LogP contribution in [0, 0.1) is 11.8 Å². The topological polar surface area (TPSA) is 54.4 Å². The molecule has 0 spiro atoms. The SMILES string of the molecule is O=C(O)C1CCCC1C(=O)Cl. The predicted octanol–water partition coefficient (Wildman–Crippen LogP) is 1.25. The lowest BCUT2D eigenvalue weighted by Gasteiger charge is -2.09. The van der Waals surface area contributed by atoms with Crippen molar-refractivity contribution in [3.63, 3.8) is 0 Å². The summed E-state index contributed by atoms with van der Waals surface area (Å²) >= 11 is 5.22. The van der Waals surface area contributed by atoms with Crippen molar-refractivity contribution in [1.29, 1.82) is 0 Å². The van der Waals surface area contributed by atoms with Crippen molar-refractivity contribution in [2.45, 2.75) is 19.3 Å². The van der Waals surface area contributed by atoms with Crippen LogP contribution in [0.2, 0.25) is 0 Å². The van der Waals surface area contributed by atoms with Gasteiger partial charge in [-0.2, -0.15) is 0 Å². The van der Waals surface area contributed by atoms with Crippen LogP contribution in [0.3, 0.4) is 0 Å². The highest BCUT2D eigenvalue weighted by Gasteiger charge is 2.36. The minimum atomic E-state index is -0.901. The minimum Gasteiger partial charge on any atom is -0.481 e. The molecule has 0 amide bonds. The Kier molecular flexibility index (Phi) is 2.49. The lowest BCUT2D eigenvalue weighted by atomic mass is 9.98. The first-order valence-corrected chi connectivity index (χ1v) is 3.93. The second kappa shape index (κ2) is 3.22. The van der Waals surface area contributed by atoms with Crippen LogP contribution in [0.4, 0.5) is 0 Å². The summed E-state index contributed by atoms with van der Waals surface area (Å²) in [6, 6.07) is 0. The third kappa shape index (κ3) is 1.71. The second-order valence-corrected chi connectivity index (χ2v) is 3.16. The summed E-state index contributed by atoms with van der Waals surface area (Å²) in [5.41, 5.74) is 0. The van der Waals surface area contributed by atoms with Gasteiger partial charge in [0, 0.05) is 5.92 Å². The third-order valence-electron chi connectivity index (χ3n) is 2.12. The number of carbonyl (C=O) groups is 2. The predicted molar refractivity (Wildman–Crippen MR) is 39.3 cm³/mol. The summed E-state index contributed by atoms with van der Waals surface area (Å²) in [6.45, 7) is 0. The van der Waals surface area contributed by atoms with E-state index in [4.69, 9.17) is 16.7 Å². The molecule has 0 aliphatic heterocycles. The van der Waals surface area contributed by atoms with Crippen molar-refractivity contribution in [1.82, 2.24) is 0 Å². The van der Waals surface area contributed by atoms with E-state index >= 15 is 0 Å². The van der Waals surface area contributed by atoms with Crippen LogP contribution >= 0.6 is 11.6 Å². The van der Waals surface area contributed by atoms with Gasteiger partial charge >= 0.3 is 5.97 Å². The maximum absolute atomic E-state index is 10.7. The molecule has 62 valence electrons. The molecule has 2 unspecified atom stereocenters. The summed E-state index contributed by atoms with van der Waals surface area (Å²) in [5, 5.41) is 8.12. The molecule has 0 heterocycles. The Morgan fingerprint density at radius 2 is 1.82 bits per heavy atom. The molecule has 0 bridgehead atoms. The van der Waals surface area contributed by atoms with E-state index in [2.05, 4.69) is 0 Å². The molecule has 2 atom stereocenters. The molecule has 11 heavy (non-hydrogen) atoms. The zero-order valence-corrected chi connectivity index (χ0v) is 6.67. The van der Waals surface area contributed by atoms with Gasteiger partial charge in [0.2, 0.25) is 5.24 Å². The highest BCUT2D eigenvalue weighted by atomic mass is 35.5. The average molecular weight is 177 g/mol. The van der Waals surface area contributed by atoms with Crippen LogP contribution in [0.15, 0.2) is 0 Å². The summed E-state index contributed by atoms with van der Waals surface area (Å²) in [5.74, 6) is -1.89. The highest BCUT2D eigenvalue weighted by Crippen LogP contribution is 2.33. The third-order valence-corrected chi connectivity index (χ3v) is 2.40. The van der Waals surface area contributed by atoms with E-state index in [1.807, 2.05) is 0 Å². The van der Waals surface area contributed by atoms with E-state index in [9.17, 15) is 9.59 Å². The number of hydrogen-bond donors (Lipinski definition) is 1. The molecule has 3 nitrogen and oxygen atoms in total. The standard InChI is InChI=1S/C7H9ClO3/c8-6(9)4-2-1-3-5(4)7(10)11/h4-5H,1-3H2,(H,10,11). The largest absolute Gasteiger partial charge is 0.481 e. The van der Waals surface area contributed by atoms with Crippen LogP contribution < -0.4 is 0 Å². The van der Waals surface area contributed by atoms with Crippen molar-refractivity contribution < 1.29 is 14.7 Å². The van der Waals surface area contributed by atoms with Gasteiger partial charge in [0.15, 0.2) is 0 Å². The zero-order chi connectivity index (χ0) is 8.43. The minimum absolute atomic E-state index is 0.450. The van der Waals surface area contributed by atoms with Crippen LogP contribution in [-0.4, -0.2) is 16.3 Å². The first kappa shape index (κ1) is 8.53. The highest BCUT2D eigenvalue weighted by molar-refractivity contribution is 6.64. The Hall–Kier alpha value is -0.570. The molecule has 0 saturated heterocycles. The Morgan fingerprint density at radius 1 is 1.27 bits per heavy atom. The molecule has 1 fully saturated rings. The molecule has 1 aliphatic rings. The number of rotatable bonds is 2. The van der Waals surface area contributed by atoms with Crippen LogP contribution in [0.5, 0.6) is 0 Å². The lowest BCUT2D eigenvalue weighted by Crippen LogP contribution is -2.22. The fourth-order valence-electron chi connectivity index (χ4n) is 1.53. The average Bonchev–Trinajstić information content (AvgIpc) is 2.32. The van der Waals surface area contributed by atoms with Gasteiger partial charge in [-0.1, -0.05) is 6.42 Å². The fraction of sp³-hybridized carbons (Fsp3) is 0.714. The Morgan fingerprint density at radius 3 is 2.18 bits per heavy atom. The van der Waals surface area contributed by atoms with Crippen molar-refractivity contribution in [2.75, 3.05) is 0 Å². The lowest BCUT2D eigenvalue weighted by molar-refractivity contribution is -0.144. The van der Waals surface area contributed by atoms with Crippen molar-refractivity contribution in [3.8, 4) is 0 Å². The number of carboxylic acid groups (broad SMARTS) is 1. The summed E-state index contributed by atoms with van der Waals surface area (Å²) < 4.78 is 0. The van der Waals surface area contributed by atoms with Gasteiger partial charge < -0.3 is 5.11 Å². The van der Waals surface area contributed by atoms with Crippen molar-refractivity contribution in [3.05, 3.63) is 0 Å². The molecule has 1 N–H and O–H groups in total. The molecule has 1 aliphatic carbocycles. The van der Waals surface area contributed by atoms with Crippen LogP contribution in [0.25, 0.3) is 0 Å². The van der Waals surface area contributed by atoms with Crippen LogP contribution in [0.1, 0.15) is 19.3 Å².